The molecule has 0 saturated carbocycles. The Bertz CT molecular complexity index is 784. The average Bonchev–Trinajstić information content (AvgIpc) is 2.67. The van der Waals surface area contributed by atoms with E-state index in [0.29, 0.717) is 5.56 Å². The molecule has 1 amide bonds. The summed E-state index contributed by atoms with van der Waals surface area (Å²) in [5.74, 6) is -0.211. The zero-order valence-corrected chi connectivity index (χ0v) is 16.3. The van der Waals surface area contributed by atoms with E-state index in [2.05, 4.69) is 31.4 Å². The molecule has 1 saturated heterocycles. The number of nitrogens with one attached hydrogen (secondary N) is 1. The maximum absolute atomic E-state index is 12.3. The molecule has 0 radical (unpaired) electrons. The summed E-state index contributed by atoms with van der Waals surface area (Å²) in [4.78, 5) is 14.6. The molecular formula is C20H22BrN3O2. The maximum Gasteiger partial charge on any atom is 0.271 e. The van der Waals surface area contributed by atoms with Crippen molar-refractivity contribution in [2.24, 2.45) is 5.10 Å². The molecule has 0 unspecified atom stereocenters. The van der Waals surface area contributed by atoms with Crippen LogP contribution in [0, 0.1) is 0 Å². The van der Waals surface area contributed by atoms with Gasteiger partial charge >= 0.3 is 0 Å². The lowest BCUT2D eigenvalue weighted by Gasteiger charge is -2.26. The van der Waals surface area contributed by atoms with Crippen molar-refractivity contribution in [2.75, 3.05) is 26.3 Å². The van der Waals surface area contributed by atoms with E-state index in [1.54, 1.807) is 0 Å². The first-order valence-electron chi connectivity index (χ1n) is 8.61. The zero-order valence-electron chi connectivity index (χ0n) is 14.7. The second-order valence-electron chi connectivity index (χ2n) is 6.23. The maximum atomic E-state index is 12.3. The van der Waals surface area contributed by atoms with Crippen LogP contribution in [-0.2, 0) is 11.3 Å². The van der Waals surface area contributed by atoms with Crippen molar-refractivity contribution in [1.82, 2.24) is 10.3 Å². The third-order valence-corrected chi connectivity index (χ3v) is 4.79. The summed E-state index contributed by atoms with van der Waals surface area (Å²) >= 11 is 3.44. The molecule has 0 spiro atoms. The highest BCUT2D eigenvalue weighted by Crippen LogP contribution is 2.12. The quantitative estimate of drug-likeness (QED) is 0.600. The summed E-state index contributed by atoms with van der Waals surface area (Å²) in [7, 11) is 0. The van der Waals surface area contributed by atoms with Crippen molar-refractivity contribution in [3.63, 3.8) is 0 Å². The molecule has 0 aliphatic carbocycles. The molecule has 2 aromatic rings. The van der Waals surface area contributed by atoms with E-state index in [0.717, 1.165) is 48.6 Å². The van der Waals surface area contributed by atoms with E-state index in [4.69, 9.17) is 4.74 Å². The summed E-state index contributed by atoms with van der Waals surface area (Å²) in [6.07, 6.45) is 0. The first-order chi connectivity index (χ1) is 12.6. The Labute approximate surface area is 162 Å². The van der Waals surface area contributed by atoms with Gasteiger partial charge in [-0.05, 0) is 42.3 Å². The summed E-state index contributed by atoms with van der Waals surface area (Å²) in [6, 6.07) is 15.5. The van der Waals surface area contributed by atoms with Crippen molar-refractivity contribution in [3.05, 3.63) is 69.7 Å². The summed E-state index contributed by atoms with van der Waals surface area (Å²) in [5.41, 5.74) is 6.13. The Hall–Kier alpha value is -2.02. The van der Waals surface area contributed by atoms with Crippen LogP contribution in [0.15, 0.2) is 58.1 Å². The van der Waals surface area contributed by atoms with Crippen LogP contribution in [0.3, 0.4) is 0 Å². The molecule has 0 aromatic heterocycles. The molecule has 136 valence electrons. The molecule has 1 N–H and O–H groups in total. The van der Waals surface area contributed by atoms with Crippen molar-refractivity contribution < 1.29 is 9.53 Å². The lowest BCUT2D eigenvalue weighted by Crippen LogP contribution is -2.35. The third kappa shape index (κ3) is 5.24. The van der Waals surface area contributed by atoms with Gasteiger partial charge in [-0.3, -0.25) is 9.69 Å². The Kier molecular flexibility index (Phi) is 6.55. The lowest BCUT2D eigenvalue weighted by atomic mass is 10.1. The van der Waals surface area contributed by atoms with Crippen LogP contribution in [0.1, 0.15) is 28.4 Å². The van der Waals surface area contributed by atoms with Gasteiger partial charge in [0.2, 0.25) is 0 Å². The van der Waals surface area contributed by atoms with E-state index >= 15 is 0 Å². The summed E-state index contributed by atoms with van der Waals surface area (Å²) < 4.78 is 6.34. The number of halogens is 1. The van der Waals surface area contributed by atoms with Gasteiger partial charge in [0.1, 0.15) is 0 Å². The zero-order chi connectivity index (χ0) is 18.4. The van der Waals surface area contributed by atoms with Crippen molar-refractivity contribution in [2.45, 2.75) is 13.5 Å². The Morgan fingerprint density at radius 2 is 1.88 bits per heavy atom. The highest BCUT2D eigenvalue weighted by Gasteiger charge is 2.11. The van der Waals surface area contributed by atoms with Gasteiger partial charge in [-0.25, -0.2) is 5.43 Å². The Balaban J connectivity index is 1.58. The molecule has 5 nitrogen and oxygen atoms in total. The minimum absolute atomic E-state index is 0.211. The van der Waals surface area contributed by atoms with E-state index in [9.17, 15) is 4.79 Å². The number of rotatable bonds is 5. The number of amides is 1. The fourth-order valence-corrected chi connectivity index (χ4v) is 3.16. The smallest absolute Gasteiger partial charge is 0.271 e. The Morgan fingerprint density at radius 3 is 2.58 bits per heavy atom. The fourth-order valence-electron chi connectivity index (χ4n) is 2.76. The van der Waals surface area contributed by atoms with Gasteiger partial charge < -0.3 is 4.74 Å². The SMILES string of the molecule is CC(=NNC(=O)c1ccc(CN2CCOCC2)cc1)c1cccc(Br)c1. The van der Waals surface area contributed by atoms with Crippen LogP contribution < -0.4 is 5.43 Å². The van der Waals surface area contributed by atoms with Crippen molar-refractivity contribution >= 4 is 27.5 Å². The van der Waals surface area contributed by atoms with Crippen molar-refractivity contribution in [3.8, 4) is 0 Å². The van der Waals surface area contributed by atoms with Gasteiger partial charge in [-0.1, -0.05) is 40.2 Å². The van der Waals surface area contributed by atoms with Crippen molar-refractivity contribution in [1.29, 1.82) is 0 Å². The number of hydrogen-bond acceptors (Lipinski definition) is 4. The van der Waals surface area contributed by atoms with E-state index in [1.165, 1.54) is 5.56 Å². The molecule has 2 aromatic carbocycles. The third-order valence-electron chi connectivity index (χ3n) is 4.29. The molecule has 26 heavy (non-hydrogen) atoms. The highest BCUT2D eigenvalue weighted by molar-refractivity contribution is 9.10. The molecule has 1 heterocycles. The first kappa shape index (κ1) is 18.8. The predicted octanol–water partition coefficient (Wildman–Crippen LogP) is 3.44. The molecule has 6 heteroatoms. The average molecular weight is 416 g/mol. The normalized spacial score (nSPS) is 15.7. The lowest BCUT2D eigenvalue weighted by molar-refractivity contribution is 0.0342. The summed E-state index contributed by atoms with van der Waals surface area (Å²) in [6.45, 7) is 6.22. The second kappa shape index (κ2) is 9.07. The van der Waals surface area contributed by atoms with Crippen LogP contribution in [0.4, 0.5) is 0 Å². The summed E-state index contributed by atoms with van der Waals surface area (Å²) in [5, 5.41) is 4.20. The number of morpholine rings is 1. The van der Waals surface area contributed by atoms with Crippen LogP contribution >= 0.6 is 15.9 Å². The first-order valence-corrected chi connectivity index (χ1v) is 9.41. The van der Waals surface area contributed by atoms with E-state index in [1.807, 2.05) is 55.5 Å². The second-order valence-corrected chi connectivity index (χ2v) is 7.15. The van der Waals surface area contributed by atoms with Crippen LogP contribution in [0.5, 0.6) is 0 Å². The van der Waals surface area contributed by atoms with E-state index in [-0.39, 0.29) is 5.91 Å². The predicted molar refractivity (Wildman–Crippen MR) is 106 cm³/mol. The molecule has 1 fully saturated rings. The fraction of sp³-hybridized carbons (Fsp3) is 0.300. The minimum atomic E-state index is -0.211. The highest BCUT2D eigenvalue weighted by atomic mass is 79.9. The van der Waals surface area contributed by atoms with E-state index < -0.39 is 0 Å². The molecule has 0 atom stereocenters. The topological polar surface area (TPSA) is 53.9 Å². The number of ether oxygens (including phenoxy) is 1. The number of benzene rings is 2. The Morgan fingerprint density at radius 1 is 1.15 bits per heavy atom. The van der Waals surface area contributed by atoms with Gasteiger partial charge in [0.15, 0.2) is 0 Å². The van der Waals surface area contributed by atoms with Gasteiger partial charge in [0.25, 0.3) is 5.91 Å². The molecule has 1 aliphatic rings. The molecule has 0 bridgehead atoms. The molecule has 1 aliphatic heterocycles. The molecule has 3 rings (SSSR count). The standard InChI is InChI=1S/C20H22BrN3O2/c1-15(18-3-2-4-19(21)13-18)22-23-20(25)17-7-5-16(6-8-17)14-24-9-11-26-12-10-24/h2-8,13H,9-12,14H2,1H3,(H,23,25). The van der Waals surface area contributed by atoms with Crippen LogP contribution in [-0.4, -0.2) is 42.8 Å². The van der Waals surface area contributed by atoms with Gasteiger partial charge in [-0.2, -0.15) is 5.10 Å². The number of hydrazone groups is 1. The van der Waals surface area contributed by atoms with Gasteiger partial charge in [0.05, 0.1) is 18.9 Å². The molecular weight excluding hydrogens is 394 g/mol. The number of carbonyl (C=O) groups is 1. The van der Waals surface area contributed by atoms with Crippen LogP contribution in [0.2, 0.25) is 0 Å². The minimum Gasteiger partial charge on any atom is -0.379 e. The largest absolute Gasteiger partial charge is 0.379 e. The van der Waals surface area contributed by atoms with Gasteiger partial charge in [0, 0.05) is 29.7 Å². The monoisotopic (exact) mass is 415 g/mol. The number of nitrogens with zero attached hydrogens (tertiary/aromatic N) is 2. The number of carbonyl (C=O) groups excluding carboxylic acids is 1. The van der Waals surface area contributed by atoms with Crippen LogP contribution in [0.25, 0.3) is 0 Å². The van der Waals surface area contributed by atoms with Gasteiger partial charge in [-0.15, -0.1) is 0 Å². The number of hydrogen-bond donors (Lipinski definition) is 1.